The fourth-order valence-corrected chi connectivity index (χ4v) is 3.11. The predicted octanol–water partition coefficient (Wildman–Crippen LogP) is 2.22. The highest BCUT2D eigenvalue weighted by molar-refractivity contribution is 5.79. The van der Waals surface area contributed by atoms with Crippen molar-refractivity contribution in [3.05, 3.63) is 0 Å². The van der Waals surface area contributed by atoms with Crippen LogP contribution < -0.4 is 5.32 Å². The molecule has 1 heterocycles. The van der Waals surface area contributed by atoms with Crippen molar-refractivity contribution in [2.75, 3.05) is 13.1 Å². The number of piperidine rings is 1. The van der Waals surface area contributed by atoms with Crippen LogP contribution in [-0.2, 0) is 4.79 Å². The Morgan fingerprint density at radius 3 is 2.58 bits per heavy atom. The molecular formula is C14H24N2O3. The summed E-state index contributed by atoms with van der Waals surface area (Å²) in [5, 5.41) is 12.1. The Kier molecular flexibility index (Phi) is 4.32. The lowest BCUT2D eigenvalue weighted by Gasteiger charge is -2.40. The summed E-state index contributed by atoms with van der Waals surface area (Å²) in [5.74, 6) is -0.773. The number of hydrogen-bond acceptors (Lipinski definition) is 2. The van der Waals surface area contributed by atoms with Gasteiger partial charge in [-0.1, -0.05) is 13.3 Å². The van der Waals surface area contributed by atoms with Crippen LogP contribution in [0, 0.1) is 5.41 Å². The van der Waals surface area contributed by atoms with E-state index >= 15 is 0 Å². The van der Waals surface area contributed by atoms with E-state index in [0.29, 0.717) is 18.9 Å². The molecule has 2 rings (SSSR count). The quantitative estimate of drug-likeness (QED) is 0.821. The molecule has 0 bridgehead atoms. The topological polar surface area (TPSA) is 69.6 Å². The van der Waals surface area contributed by atoms with Crippen LogP contribution in [0.5, 0.6) is 0 Å². The van der Waals surface area contributed by atoms with Crippen LogP contribution in [0.3, 0.4) is 0 Å². The molecule has 2 N–H and O–H groups in total. The molecule has 1 atom stereocenters. The molecule has 2 amide bonds. The molecule has 1 aliphatic heterocycles. The maximum absolute atomic E-state index is 12.2. The molecule has 108 valence electrons. The van der Waals surface area contributed by atoms with Gasteiger partial charge >= 0.3 is 12.0 Å². The van der Waals surface area contributed by atoms with E-state index in [1.807, 2.05) is 4.90 Å². The van der Waals surface area contributed by atoms with Crippen molar-refractivity contribution in [3.63, 3.8) is 0 Å². The summed E-state index contributed by atoms with van der Waals surface area (Å²) in [7, 11) is 0. The van der Waals surface area contributed by atoms with Gasteiger partial charge in [-0.15, -0.1) is 0 Å². The average molecular weight is 268 g/mol. The number of carboxylic acids is 1. The smallest absolute Gasteiger partial charge is 0.317 e. The maximum Gasteiger partial charge on any atom is 0.317 e. The van der Waals surface area contributed by atoms with Gasteiger partial charge in [-0.05, 0) is 38.5 Å². The standard InChI is InChI=1S/C14H24N2O3/c1-2-11-6-3-4-9-16(11)13(19)15-10-14(12(17)18)7-5-8-14/h11H,2-10H2,1H3,(H,15,19)(H,17,18). The number of nitrogens with zero attached hydrogens (tertiary/aromatic N) is 1. The van der Waals surface area contributed by atoms with Gasteiger partial charge in [0, 0.05) is 19.1 Å². The molecule has 5 heteroatoms. The molecule has 5 nitrogen and oxygen atoms in total. The minimum Gasteiger partial charge on any atom is -0.481 e. The minimum atomic E-state index is -0.773. The highest BCUT2D eigenvalue weighted by Crippen LogP contribution is 2.40. The first-order valence-corrected chi connectivity index (χ1v) is 7.37. The van der Waals surface area contributed by atoms with Crippen LogP contribution in [0.2, 0.25) is 0 Å². The van der Waals surface area contributed by atoms with Gasteiger partial charge in [0.05, 0.1) is 5.41 Å². The zero-order valence-electron chi connectivity index (χ0n) is 11.7. The summed E-state index contributed by atoms with van der Waals surface area (Å²) in [4.78, 5) is 25.3. The number of amides is 2. The molecule has 2 fully saturated rings. The Hall–Kier alpha value is -1.26. The average Bonchev–Trinajstić information content (AvgIpc) is 2.36. The zero-order chi connectivity index (χ0) is 13.9. The Morgan fingerprint density at radius 2 is 2.05 bits per heavy atom. The van der Waals surface area contributed by atoms with Gasteiger partial charge in [0.25, 0.3) is 0 Å². The number of carbonyl (C=O) groups is 2. The highest BCUT2D eigenvalue weighted by atomic mass is 16.4. The van der Waals surface area contributed by atoms with Crippen LogP contribution in [0.4, 0.5) is 4.79 Å². The monoisotopic (exact) mass is 268 g/mol. The number of likely N-dealkylation sites (tertiary alicyclic amines) is 1. The number of hydrogen-bond donors (Lipinski definition) is 2. The predicted molar refractivity (Wildman–Crippen MR) is 72.0 cm³/mol. The van der Waals surface area contributed by atoms with Crippen LogP contribution in [0.15, 0.2) is 0 Å². The minimum absolute atomic E-state index is 0.0842. The fraction of sp³-hybridized carbons (Fsp3) is 0.857. The van der Waals surface area contributed by atoms with E-state index in [0.717, 1.165) is 32.2 Å². The third kappa shape index (κ3) is 2.85. The van der Waals surface area contributed by atoms with Crippen molar-refractivity contribution >= 4 is 12.0 Å². The van der Waals surface area contributed by atoms with E-state index in [1.165, 1.54) is 6.42 Å². The van der Waals surface area contributed by atoms with Crippen molar-refractivity contribution in [2.24, 2.45) is 5.41 Å². The molecular weight excluding hydrogens is 244 g/mol. The number of carbonyl (C=O) groups excluding carboxylic acids is 1. The molecule has 19 heavy (non-hydrogen) atoms. The highest BCUT2D eigenvalue weighted by Gasteiger charge is 2.44. The third-order valence-electron chi connectivity index (χ3n) is 4.70. The Balaban J connectivity index is 1.88. The van der Waals surface area contributed by atoms with Gasteiger partial charge in [-0.2, -0.15) is 0 Å². The zero-order valence-corrected chi connectivity index (χ0v) is 11.7. The molecule has 2 aliphatic rings. The second-order valence-electron chi connectivity index (χ2n) is 5.85. The van der Waals surface area contributed by atoms with Gasteiger partial charge in [-0.3, -0.25) is 4.79 Å². The van der Waals surface area contributed by atoms with Gasteiger partial charge in [0.15, 0.2) is 0 Å². The molecule has 1 aliphatic carbocycles. The largest absolute Gasteiger partial charge is 0.481 e. The first-order valence-electron chi connectivity index (χ1n) is 7.37. The van der Waals surface area contributed by atoms with Crippen molar-refractivity contribution in [1.29, 1.82) is 0 Å². The third-order valence-corrected chi connectivity index (χ3v) is 4.70. The molecule has 0 aromatic heterocycles. The fourth-order valence-electron chi connectivity index (χ4n) is 3.11. The summed E-state index contributed by atoms with van der Waals surface area (Å²) in [6.45, 7) is 3.17. The Bertz CT molecular complexity index is 353. The summed E-state index contributed by atoms with van der Waals surface area (Å²) >= 11 is 0. The molecule has 1 saturated carbocycles. The lowest BCUT2D eigenvalue weighted by atomic mass is 9.69. The number of nitrogens with one attached hydrogen (secondary N) is 1. The van der Waals surface area contributed by atoms with Gasteiger partial charge < -0.3 is 15.3 Å². The second kappa shape index (κ2) is 5.80. The lowest BCUT2D eigenvalue weighted by Crippen LogP contribution is -2.53. The van der Waals surface area contributed by atoms with E-state index in [4.69, 9.17) is 0 Å². The van der Waals surface area contributed by atoms with Crippen molar-refractivity contribution in [1.82, 2.24) is 10.2 Å². The summed E-state index contributed by atoms with van der Waals surface area (Å²) in [5.41, 5.74) is -0.701. The number of rotatable bonds is 4. The van der Waals surface area contributed by atoms with Crippen molar-refractivity contribution in [2.45, 2.75) is 57.9 Å². The molecule has 0 aromatic rings. The lowest BCUT2D eigenvalue weighted by molar-refractivity contribution is -0.153. The second-order valence-corrected chi connectivity index (χ2v) is 5.85. The number of aliphatic carboxylic acids is 1. The van der Waals surface area contributed by atoms with E-state index < -0.39 is 11.4 Å². The van der Waals surface area contributed by atoms with E-state index in [2.05, 4.69) is 12.2 Å². The SMILES string of the molecule is CCC1CCCCN1C(=O)NCC1(C(=O)O)CCC1. The van der Waals surface area contributed by atoms with E-state index in [9.17, 15) is 14.7 Å². The van der Waals surface area contributed by atoms with Crippen molar-refractivity contribution < 1.29 is 14.7 Å². The summed E-state index contributed by atoms with van der Waals surface area (Å²) in [6.07, 6.45) is 6.57. The van der Waals surface area contributed by atoms with Crippen LogP contribution in [0.1, 0.15) is 51.9 Å². The molecule has 1 saturated heterocycles. The number of carboxylic acid groups (broad SMARTS) is 1. The molecule has 1 unspecified atom stereocenters. The molecule has 0 aromatic carbocycles. The summed E-state index contributed by atoms with van der Waals surface area (Å²) < 4.78 is 0. The van der Waals surface area contributed by atoms with Crippen LogP contribution in [-0.4, -0.2) is 41.1 Å². The molecule has 0 radical (unpaired) electrons. The summed E-state index contributed by atoms with van der Waals surface area (Å²) in [6, 6.07) is 0.231. The Morgan fingerprint density at radius 1 is 1.32 bits per heavy atom. The van der Waals surface area contributed by atoms with Crippen LogP contribution in [0.25, 0.3) is 0 Å². The van der Waals surface area contributed by atoms with E-state index in [-0.39, 0.29) is 12.6 Å². The normalized spacial score (nSPS) is 25.5. The first-order chi connectivity index (χ1) is 9.09. The Labute approximate surface area is 114 Å². The van der Waals surface area contributed by atoms with Gasteiger partial charge in [0.2, 0.25) is 0 Å². The van der Waals surface area contributed by atoms with E-state index in [1.54, 1.807) is 0 Å². The maximum atomic E-state index is 12.2. The number of urea groups is 1. The van der Waals surface area contributed by atoms with Gasteiger partial charge in [0.1, 0.15) is 0 Å². The van der Waals surface area contributed by atoms with Crippen LogP contribution >= 0.6 is 0 Å². The molecule has 0 spiro atoms. The van der Waals surface area contributed by atoms with Gasteiger partial charge in [-0.25, -0.2) is 4.79 Å². The van der Waals surface area contributed by atoms with Crippen molar-refractivity contribution in [3.8, 4) is 0 Å². The first kappa shape index (κ1) is 14.2.